The second kappa shape index (κ2) is 8.19. The summed E-state index contributed by atoms with van der Waals surface area (Å²) in [6.45, 7) is 0. The third kappa shape index (κ3) is 3.44. The van der Waals surface area contributed by atoms with Crippen molar-refractivity contribution in [3.63, 3.8) is 0 Å². The van der Waals surface area contributed by atoms with Crippen molar-refractivity contribution >= 4 is 23.5 Å². The number of allylic oxidation sites excluding steroid dienone is 1. The van der Waals surface area contributed by atoms with E-state index in [0.717, 1.165) is 16.9 Å². The van der Waals surface area contributed by atoms with Crippen molar-refractivity contribution in [1.29, 1.82) is 5.26 Å². The van der Waals surface area contributed by atoms with Crippen LogP contribution in [0.3, 0.4) is 0 Å². The molecular weight excluding hydrogens is 432 g/mol. The highest BCUT2D eigenvalue weighted by molar-refractivity contribution is 6.30. The average Bonchev–Trinajstić information content (AvgIpc) is 2.86. The molecule has 2 N–H and O–H groups in total. The van der Waals surface area contributed by atoms with Crippen LogP contribution in [0.2, 0.25) is 0 Å². The molecule has 164 valence electrons. The van der Waals surface area contributed by atoms with E-state index >= 15 is 0 Å². The summed E-state index contributed by atoms with van der Waals surface area (Å²) in [5, 5.41) is 28.2. The minimum absolute atomic E-state index is 0.000556. The van der Waals surface area contributed by atoms with E-state index in [1.807, 2.05) is 30.3 Å². The van der Waals surface area contributed by atoms with Gasteiger partial charge in [-0.2, -0.15) is 5.26 Å². The predicted molar refractivity (Wildman–Crippen MR) is 124 cm³/mol. The third-order valence-corrected chi connectivity index (χ3v) is 5.62. The summed E-state index contributed by atoms with van der Waals surface area (Å²) in [5.74, 6) is 0.0818. The average molecular weight is 448 g/mol. The number of aromatic hydroxyl groups is 2. The predicted octanol–water partition coefficient (Wildman–Crippen LogP) is 4.55. The number of carbonyl (C=O) groups excluding carboxylic acids is 2. The first-order valence-corrected chi connectivity index (χ1v) is 10.4. The molecule has 6 rings (SSSR count). The fourth-order valence-corrected chi connectivity index (χ4v) is 4.01. The van der Waals surface area contributed by atoms with E-state index in [-0.39, 0.29) is 33.8 Å². The Balaban J connectivity index is 0.000000142. The van der Waals surface area contributed by atoms with Crippen molar-refractivity contribution in [3.05, 3.63) is 106 Å². The zero-order valence-corrected chi connectivity index (χ0v) is 17.6. The molecule has 2 aliphatic heterocycles. The number of hydrogen-bond acceptors (Lipinski definition) is 7. The van der Waals surface area contributed by atoms with Crippen molar-refractivity contribution in [2.75, 3.05) is 0 Å². The number of nitrogens with zero attached hydrogens (tertiary/aromatic N) is 2. The number of phenolic OH excluding ortho intramolecular Hbond substituents is 2. The van der Waals surface area contributed by atoms with Crippen LogP contribution in [0.1, 0.15) is 43.8 Å². The maximum absolute atomic E-state index is 12.2. The van der Waals surface area contributed by atoms with Gasteiger partial charge in [0.2, 0.25) is 5.90 Å². The van der Waals surface area contributed by atoms with Gasteiger partial charge in [0, 0.05) is 34.9 Å². The van der Waals surface area contributed by atoms with Crippen LogP contribution in [0.4, 0.5) is 0 Å². The zero-order chi connectivity index (χ0) is 23.8. The highest BCUT2D eigenvalue weighted by Gasteiger charge is 2.33. The Hall–Kier alpha value is -4.96. The van der Waals surface area contributed by atoms with Gasteiger partial charge in [0.1, 0.15) is 17.2 Å². The fraction of sp³-hybridized carbons (Fsp3) is 0.0370. The largest absolute Gasteiger partial charge is 0.507 e. The lowest BCUT2D eigenvalue weighted by Gasteiger charge is -2.20. The number of nitriles is 1. The Labute approximate surface area is 194 Å². The minimum Gasteiger partial charge on any atom is -0.507 e. The summed E-state index contributed by atoms with van der Waals surface area (Å²) in [6.07, 6.45) is 4.20. The summed E-state index contributed by atoms with van der Waals surface area (Å²) in [6, 6.07) is 18.5. The molecule has 1 aliphatic carbocycles. The summed E-state index contributed by atoms with van der Waals surface area (Å²) >= 11 is 0. The SMILES string of the molecule is N#CC1=CN=C2Oc3ccccc3C=C2C1.O=C1c2cccc(O)c2C(=O)c2cccc(O)c21. The Morgan fingerprint density at radius 1 is 0.853 bits per heavy atom. The van der Waals surface area contributed by atoms with Gasteiger partial charge in [-0.15, -0.1) is 0 Å². The van der Waals surface area contributed by atoms with Gasteiger partial charge < -0.3 is 14.9 Å². The minimum atomic E-state index is -0.450. The Kier molecular flexibility index (Phi) is 5.04. The summed E-state index contributed by atoms with van der Waals surface area (Å²) in [4.78, 5) is 28.6. The van der Waals surface area contributed by atoms with Gasteiger partial charge in [0.25, 0.3) is 0 Å². The van der Waals surface area contributed by atoms with Crippen molar-refractivity contribution < 1.29 is 24.5 Å². The molecule has 0 saturated heterocycles. The molecule has 0 saturated carbocycles. The zero-order valence-electron chi connectivity index (χ0n) is 17.6. The van der Waals surface area contributed by atoms with Crippen LogP contribution in [0, 0.1) is 11.3 Å². The number of phenols is 2. The van der Waals surface area contributed by atoms with Gasteiger partial charge in [-0.1, -0.05) is 42.5 Å². The summed E-state index contributed by atoms with van der Waals surface area (Å²) in [5.41, 5.74) is 2.91. The van der Waals surface area contributed by atoms with Gasteiger partial charge in [0.05, 0.1) is 22.8 Å². The number of rotatable bonds is 0. The van der Waals surface area contributed by atoms with E-state index in [2.05, 4.69) is 11.1 Å². The second-order valence-electron chi connectivity index (χ2n) is 7.74. The lowest BCUT2D eigenvalue weighted by Crippen LogP contribution is -2.20. The van der Waals surface area contributed by atoms with Crippen LogP contribution >= 0.6 is 0 Å². The molecule has 3 aromatic carbocycles. The highest BCUT2D eigenvalue weighted by atomic mass is 16.5. The van der Waals surface area contributed by atoms with Gasteiger partial charge >= 0.3 is 0 Å². The number of benzene rings is 3. The topological polar surface area (TPSA) is 120 Å². The summed E-state index contributed by atoms with van der Waals surface area (Å²) < 4.78 is 5.66. The maximum atomic E-state index is 12.2. The van der Waals surface area contributed by atoms with E-state index in [1.165, 1.54) is 36.4 Å². The fourth-order valence-electron chi connectivity index (χ4n) is 4.01. The number of fused-ring (bicyclic) bond motifs is 4. The molecule has 0 aromatic heterocycles. The van der Waals surface area contributed by atoms with Gasteiger partial charge in [-0.3, -0.25) is 9.59 Å². The molecule has 2 heterocycles. The Morgan fingerprint density at radius 3 is 2.09 bits per heavy atom. The molecule has 0 unspecified atom stereocenters. The third-order valence-electron chi connectivity index (χ3n) is 5.62. The van der Waals surface area contributed by atoms with E-state index in [4.69, 9.17) is 10.00 Å². The molecule has 3 aromatic rings. The van der Waals surface area contributed by atoms with Crippen LogP contribution in [0.5, 0.6) is 17.2 Å². The number of ether oxygens (including phenoxy) is 1. The van der Waals surface area contributed by atoms with Crippen LogP contribution < -0.4 is 4.74 Å². The van der Waals surface area contributed by atoms with Crippen molar-refractivity contribution in [1.82, 2.24) is 0 Å². The maximum Gasteiger partial charge on any atom is 0.222 e. The molecule has 0 atom stereocenters. The first-order chi connectivity index (χ1) is 16.5. The van der Waals surface area contributed by atoms with Crippen LogP contribution in [0.25, 0.3) is 6.08 Å². The first kappa shape index (κ1) is 20.9. The van der Waals surface area contributed by atoms with E-state index in [0.29, 0.717) is 17.9 Å². The summed E-state index contributed by atoms with van der Waals surface area (Å²) in [7, 11) is 0. The first-order valence-electron chi connectivity index (χ1n) is 10.4. The van der Waals surface area contributed by atoms with E-state index in [1.54, 1.807) is 6.20 Å². The molecule has 7 heteroatoms. The Bertz CT molecular complexity index is 1460. The molecule has 0 bridgehead atoms. The highest BCUT2D eigenvalue weighted by Crippen LogP contribution is 2.36. The van der Waals surface area contributed by atoms with Gasteiger partial charge in [-0.05, 0) is 24.3 Å². The number of aliphatic imine (C=N–C) groups is 1. The standard InChI is InChI=1S/C14H8O4.C13H8N2O/c15-9-5-1-3-7-11(9)14(18)8-4-2-6-10(16)12(8)13(7)17;14-7-9-5-11-6-10-3-1-2-4-12(10)16-13(11)15-8-9/h1-6,15-16H;1-4,6,8H,5H2. The van der Waals surface area contributed by atoms with Gasteiger partial charge in [-0.25, -0.2) is 4.99 Å². The van der Waals surface area contributed by atoms with E-state index in [9.17, 15) is 19.8 Å². The smallest absolute Gasteiger partial charge is 0.222 e. The molecule has 0 amide bonds. The molecular formula is C27H16N2O5. The van der Waals surface area contributed by atoms with E-state index < -0.39 is 11.6 Å². The lowest BCUT2D eigenvalue weighted by atomic mass is 9.83. The van der Waals surface area contributed by atoms with Crippen LogP contribution in [-0.4, -0.2) is 27.7 Å². The number of ketones is 2. The normalized spacial score (nSPS) is 14.9. The molecule has 34 heavy (non-hydrogen) atoms. The number of para-hydroxylation sites is 1. The quantitative estimate of drug-likeness (QED) is 0.407. The van der Waals surface area contributed by atoms with Crippen LogP contribution in [-0.2, 0) is 0 Å². The van der Waals surface area contributed by atoms with Crippen LogP contribution in [0.15, 0.2) is 83.0 Å². The van der Waals surface area contributed by atoms with Crippen molar-refractivity contribution in [2.24, 2.45) is 4.99 Å². The number of hydrogen-bond donors (Lipinski definition) is 2. The lowest BCUT2D eigenvalue weighted by molar-refractivity contribution is 0.0974. The van der Waals surface area contributed by atoms with Crippen molar-refractivity contribution in [3.8, 4) is 23.3 Å². The number of carbonyl (C=O) groups is 2. The molecule has 3 aliphatic rings. The monoisotopic (exact) mass is 448 g/mol. The van der Waals surface area contributed by atoms with Gasteiger partial charge in [0.15, 0.2) is 11.6 Å². The molecule has 0 fully saturated rings. The molecule has 0 radical (unpaired) electrons. The molecule has 7 nitrogen and oxygen atoms in total. The Morgan fingerprint density at radius 2 is 1.47 bits per heavy atom. The van der Waals surface area contributed by atoms with Crippen molar-refractivity contribution in [2.45, 2.75) is 6.42 Å². The second-order valence-corrected chi connectivity index (χ2v) is 7.74. The molecule has 0 spiro atoms.